The van der Waals surface area contributed by atoms with Gasteiger partial charge in [-0.25, -0.2) is 0 Å². The van der Waals surface area contributed by atoms with Crippen LogP contribution in [0.15, 0.2) is 42.5 Å². The Kier molecular flexibility index (Phi) is 3.58. The summed E-state index contributed by atoms with van der Waals surface area (Å²) in [5, 5.41) is 31.0. The first-order valence-electron chi connectivity index (χ1n) is 5.88. The summed E-state index contributed by atoms with van der Waals surface area (Å²) in [6.45, 7) is 1.91. The van der Waals surface area contributed by atoms with Gasteiger partial charge in [-0.15, -0.1) is 0 Å². The normalized spacial score (nSPS) is 11.6. The molecule has 2 aromatic rings. The zero-order chi connectivity index (χ0) is 13.8. The second kappa shape index (κ2) is 5.32. The van der Waals surface area contributed by atoms with E-state index in [0.29, 0.717) is 5.56 Å². The first kappa shape index (κ1) is 12.8. The van der Waals surface area contributed by atoms with Gasteiger partial charge >= 0.3 is 0 Å². The molecule has 2 rings (SSSR count). The monoisotopic (exact) mass is 254 g/mol. The lowest BCUT2D eigenvalue weighted by Crippen LogP contribution is -2.06. The van der Waals surface area contributed by atoms with Crippen molar-refractivity contribution in [1.29, 1.82) is 5.26 Å². The van der Waals surface area contributed by atoms with E-state index in [-0.39, 0.29) is 17.5 Å². The molecular weight excluding hydrogens is 240 g/mol. The second-order valence-electron chi connectivity index (χ2n) is 4.34. The number of hydrogen-bond donors (Lipinski definition) is 3. The Morgan fingerprint density at radius 1 is 1.11 bits per heavy atom. The van der Waals surface area contributed by atoms with Crippen LogP contribution in [0.5, 0.6) is 11.5 Å². The predicted molar refractivity (Wildman–Crippen MR) is 73.0 cm³/mol. The van der Waals surface area contributed by atoms with E-state index in [9.17, 15) is 10.2 Å². The Morgan fingerprint density at radius 3 is 2.42 bits per heavy atom. The predicted octanol–water partition coefficient (Wildman–Crippen LogP) is 3.14. The molecule has 0 aliphatic carbocycles. The molecule has 19 heavy (non-hydrogen) atoms. The van der Waals surface area contributed by atoms with E-state index >= 15 is 0 Å². The van der Waals surface area contributed by atoms with Crippen LogP contribution in [0.1, 0.15) is 24.1 Å². The van der Waals surface area contributed by atoms with E-state index in [0.717, 1.165) is 11.3 Å². The molecule has 4 heteroatoms. The maximum Gasteiger partial charge on any atom is 0.119 e. The van der Waals surface area contributed by atoms with Gasteiger partial charge in [-0.1, -0.05) is 6.07 Å². The van der Waals surface area contributed by atoms with Crippen LogP contribution in [-0.4, -0.2) is 10.2 Å². The Hall–Kier alpha value is -2.67. The minimum absolute atomic E-state index is 0.0226. The first-order valence-corrected chi connectivity index (χ1v) is 5.88. The third-order valence-electron chi connectivity index (χ3n) is 2.80. The van der Waals surface area contributed by atoms with E-state index in [1.54, 1.807) is 30.3 Å². The fraction of sp³-hybridized carbons (Fsp3) is 0.133. The maximum absolute atomic E-state index is 9.46. The summed E-state index contributed by atoms with van der Waals surface area (Å²) in [6.07, 6.45) is 0. The lowest BCUT2D eigenvalue weighted by atomic mass is 10.1. The molecule has 0 bridgehead atoms. The zero-order valence-corrected chi connectivity index (χ0v) is 10.5. The lowest BCUT2D eigenvalue weighted by molar-refractivity contribution is 0.448. The smallest absolute Gasteiger partial charge is 0.119 e. The molecule has 0 saturated heterocycles. The van der Waals surface area contributed by atoms with E-state index < -0.39 is 0 Å². The highest BCUT2D eigenvalue weighted by Gasteiger charge is 2.08. The number of phenolic OH excluding ortho intramolecular Hbond substituents is 2. The van der Waals surface area contributed by atoms with Gasteiger partial charge in [-0.2, -0.15) is 5.26 Å². The molecule has 1 unspecified atom stereocenters. The van der Waals surface area contributed by atoms with Crippen LogP contribution >= 0.6 is 0 Å². The van der Waals surface area contributed by atoms with Crippen LogP contribution in [0.2, 0.25) is 0 Å². The van der Waals surface area contributed by atoms with Gasteiger partial charge in [0.2, 0.25) is 0 Å². The van der Waals surface area contributed by atoms with Crippen molar-refractivity contribution in [3.05, 3.63) is 53.6 Å². The molecular formula is C15H14N2O2. The van der Waals surface area contributed by atoms with Gasteiger partial charge in [0.15, 0.2) is 0 Å². The van der Waals surface area contributed by atoms with Crippen LogP contribution in [0.3, 0.4) is 0 Å². The third kappa shape index (κ3) is 3.17. The Labute approximate surface area is 111 Å². The van der Waals surface area contributed by atoms with Gasteiger partial charge in [0.1, 0.15) is 11.5 Å². The topological polar surface area (TPSA) is 76.3 Å². The van der Waals surface area contributed by atoms with Gasteiger partial charge in [0.05, 0.1) is 11.6 Å². The summed E-state index contributed by atoms with van der Waals surface area (Å²) < 4.78 is 0. The molecule has 2 aromatic carbocycles. The second-order valence-corrected chi connectivity index (χ2v) is 4.34. The minimum atomic E-state index is -0.105. The number of phenols is 2. The average Bonchev–Trinajstić information content (AvgIpc) is 2.37. The van der Waals surface area contributed by atoms with Gasteiger partial charge in [-0.3, -0.25) is 0 Å². The quantitative estimate of drug-likeness (QED) is 0.786. The lowest BCUT2D eigenvalue weighted by Gasteiger charge is -2.16. The number of hydrogen-bond acceptors (Lipinski definition) is 4. The van der Waals surface area contributed by atoms with Crippen LogP contribution in [0.25, 0.3) is 0 Å². The summed E-state index contributed by atoms with van der Waals surface area (Å²) in [5.41, 5.74) is 2.16. The summed E-state index contributed by atoms with van der Waals surface area (Å²) in [7, 11) is 0. The van der Waals surface area contributed by atoms with Gasteiger partial charge < -0.3 is 15.5 Å². The number of anilines is 1. The van der Waals surface area contributed by atoms with Crippen LogP contribution in [0.4, 0.5) is 5.69 Å². The number of benzene rings is 2. The number of nitrogens with zero attached hydrogens (tertiary/aromatic N) is 1. The largest absolute Gasteiger partial charge is 0.508 e. The highest BCUT2D eigenvalue weighted by molar-refractivity contribution is 5.51. The van der Waals surface area contributed by atoms with Crippen LogP contribution < -0.4 is 5.32 Å². The molecule has 0 aliphatic rings. The fourth-order valence-corrected chi connectivity index (χ4v) is 1.88. The van der Waals surface area contributed by atoms with E-state index in [1.165, 1.54) is 6.07 Å². The molecule has 0 spiro atoms. The number of aromatic hydroxyl groups is 2. The highest BCUT2D eigenvalue weighted by Crippen LogP contribution is 2.27. The fourth-order valence-electron chi connectivity index (χ4n) is 1.88. The van der Waals surface area contributed by atoms with Crippen molar-refractivity contribution >= 4 is 5.69 Å². The first-order chi connectivity index (χ1) is 9.08. The molecule has 0 amide bonds. The zero-order valence-electron chi connectivity index (χ0n) is 10.5. The summed E-state index contributed by atoms with van der Waals surface area (Å²) in [4.78, 5) is 0. The summed E-state index contributed by atoms with van der Waals surface area (Å²) in [6, 6.07) is 13.6. The van der Waals surface area contributed by atoms with Crippen LogP contribution in [-0.2, 0) is 0 Å². The van der Waals surface area contributed by atoms with Gasteiger partial charge in [0.25, 0.3) is 0 Å². The van der Waals surface area contributed by atoms with Crippen molar-refractivity contribution in [3.63, 3.8) is 0 Å². The molecule has 0 aromatic heterocycles. The van der Waals surface area contributed by atoms with Gasteiger partial charge in [0, 0.05) is 17.8 Å². The average molecular weight is 254 g/mol. The van der Waals surface area contributed by atoms with E-state index in [4.69, 9.17) is 5.26 Å². The van der Waals surface area contributed by atoms with Crippen molar-refractivity contribution in [1.82, 2.24) is 0 Å². The maximum atomic E-state index is 9.46. The van der Waals surface area contributed by atoms with E-state index in [1.807, 2.05) is 13.0 Å². The van der Waals surface area contributed by atoms with Crippen molar-refractivity contribution in [2.45, 2.75) is 13.0 Å². The Balaban J connectivity index is 2.20. The SMILES string of the molecule is CC(Nc1cccc(C#N)c1)c1cc(O)cc(O)c1. The standard InChI is InChI=1S/C15H14N2O2/c1-10(12-6-14(18)8-15(19)7-12)17-13-4-2-3-11(5-13)9-16/h2-8,10,17-19H,1H3. The number of nitriles is 1. The Bertz CT molecular complexity index is 612. The van der Waals surface area contributed by atoms with Gasteiger partial charge in [-0.05, 0) is 42.8 Å². The summed E-state index contributed by atoms with van der Waals surface area (Å²) >= 11 is 0. The molecule has 0 aliphatic heterocycles. The van der Waals surface area contributed by atoms with Crippen molar-refractivity contribution in [2.75, 3.05) is 5.32 Å². The molecule has 0 saturated carbocycles. The Morgan fingerprint density at radius 2 is 1.79 bits per heavy atom. The van der Waals surface area contributed by atoms with E-state index in [2.05, 4.69) is 11.4 Å². The molecule has 3 N–H and O–H groups in total. The molecule has 0 fully saturated rings. The minimum Gasteiger partial charge on any atom is -0.508 e. The van der Waals surface area contributed by atoms with Crippen LogP contribution in [0, 0.1) is 11.3 Å². The molecule has 96 valence electrons. The molecule has 1 atom stereocenters. The highest BCUT2D eigenvalue weighted by atomic mass is 16.3. The third-order valence-corrected chi connectivity index (χ3v) is 2.80. The van der Waals surface area contributed by atoms with Crippen molar-refractivity contribution in [3.8, 4) is 17.6 Å². The molecule has 4 nitrogen and oxygen atoms in total. The van der Waals surface area contributed by atoms with Crippen molar-refractivity contribution in [2.24, 2.45) is 0 Å². The number of nitrogens with one attached hydrogen (secondary N) is 1. The summed E-state index contributed by atoms with van der Waals surface area (Å²) in [5.74, 6) is 0.0452. The molecule has 0 heterocycles. The van der Waals surface area contributed by atoms with Crippen molar-refractivity contribution < 1.29 is 10.2 Å². The molecule has 0 radical (unpaired) electrons. The number of rotatable bonds is 3.